The molecule has 1 rings (SSSR count). The van der Waals surface area contributed by atoms with Gasteiger partial charge in [0.2, 0.25) is 0 Å². The Morgan fingerprint density at radius 3 is 2.55 bits per heavy atom. The summed E-state index contributed by atoms with van der Waals surface area (Å²) in [6.07, 6.45) is 0.428. The molecule has 0 aliphatic rings. The third-order valence-electron chi connectivity index (χ3n) is 2.10. The molecule has 0 atom stereocenters. The number of hydrogen-bond donors (Lipinski definition) is 0. The molecule has 1 aromatic rings. The van der Waals surface area contributed by atoms with Crippen molar-refractivity contribution in [3.63, 3.8) is 0 Å². The summed E-state index contributed by atoms with van der Waals surface area (Å²) in [5.74, 6) is -0.496. The van der Waals surface area contributed by atoms with Crippen LogP contribution in [0.2, 0.25) is 0 Å². The molecule has 0 saturated heterocycles. The Labute approximate surface area is 115 Å². The third kappa shape index (κ3) is 4.68. The van der Waals surface area contributed by atoms with Crippen LogP contribution in [0.5, 0.6) is 5.75 Å². The molecule has 0 aromatic heterocycles. The number of rotatable bonds is 5. The lowest BCUT2D eigenvalue weighted by atomic mass is 10.2. The Bertz CT molecular complexity index is 532. The van der Waals surface area contributed by atoms with E-state index in [4.69, 9.17) is 9.47 Å². The van der Waals surface area contributed by atoms with E-state index in [0.717, 1.165) is 6.07 Å². The summed E-state index contributed by atoms with van der Waals surface area (Å²) >= 11 is 0. The molecule has 0 fully saturated rings. The monoisotopic (exact) mass is 281 g/mol. The minimum atomic E-state index is -0.636. The van der Waals surface area contributed by atoms with Crippen molar-refractivity contribution in [2.24, 2.45) is 0 Å². The van der Waals surface area contributed by atoms with E-state index in [9.17, 15) is 19.7 Å². The minimum Gasteiger partial charge on any atom is -0.481 e. The van der Waals surface area contributed by atoms with Gasteiger partial charge in [0, 0.05) is 12.1 Å². The molecule has 0 aliphatic carbocycles. The maximum atomic E-state index is 11.5. The lowest BCUT2D eigenvalue weighted by molar-refractivity contribution is -0.384. The quantitative estimate of drug-likeness (QED) is 0.355. The van der Waals surface area contributed by atoms with E-state index < -0.39 is 16.5 Å². The van der Waals surface area contributed by atoms with Crippen LogP contribution in [0.1, 0.15) is 31.1 Å². The lowest BCUT2D eigenvalue weighted by Crippen LogP contribution is -2.27. The van der Waals surface area contributed by atoms with Gasteiger partial charge in [-0.3, -0.25) is 14.9 Å². The zero-order valence-corrected chi connectivity index (χ0v) is 11.4. The molecule has 0 heterocycles. The number of esters is 1. The van der Waals surface area contributed by atoms with Crippen LogP contribution in [0, 0.1) is 10.1 Å². The van der Waals surface area contributed by atoms with Gasteiger partial charge in [-0.1, -0.05) is 0 Å². The van der Waals surface area contributed by atoms with Crippen molar-refractivity contribution in [1.29, 1.82) is 0 Å². The molecule has 0 aliphatic heterocycles. The highest BCUT2D eigenvalue weighted by Gasteiger charge is 2.18. The zero-order chi connectivity index (χ0) is 15.3. The second-order valence-electron chi connectivity index (χ2n) is 4.97. The van der Waals surface area contributed by atoms with Gasteiger partial charge < -0.3 is 9.47 Å². The van der Waals surface area contributed by atoms with Crippen molar-refractivity contribution in [1.82, 2.24) is 0 Å². The standard InChI is InChI=1S/C13H15NO6/c1-13(2,3)20-12(16)8-19-11-5-4-10(14(17)18)6-9(11)7-15/h4-7H,8H2,1-3H3. The van der Waals surface area contributed by atoms with Crippen LogP contribution in [-0.4, -0.2) is 29.4 Å². The number of non-ortho nitro benzene ring substituents is 1. The van der Waals surface area contributed by atoms with Gasteiger partial charge in [-0.25, -0.2) is 4.79 Å². The summed E-state index contributed by atoms with van der Waals surface area (Å²) in [6.45, 7) is 4.77. The van der Waals surface area contributed by atoms with Crippen LogP contribution in [0.15, 0.2) is 18.2 Å². The first-order valence-corrected chi connectivity index (χ1v) is 5.81. The van der Waals surface area contributed by atoms with E-state index in [1.54, 1.807) is 20.8 Å². The summed E-state index contributed by atoms with van der Waals surface area (Å²) in [7, 11) is 0. The maximum Gasteiger partial charge on any atom is 0.344 e. The second kappa shape index (κ2) is 6.14. The number of aldehydes is 1. The average Bonchev–Trinajstić information content (AvgIpc) is 2.33. The van der Waals surface area contributed by atoms with Gasteiger partial charge in [0.05, 0.1) is 10.5 Å². The Morgan fingerprint density at radius 2 is 2.05 bits per heavy atom. The van der Waals surface area contributed by atoms with E-state index in [1.807, 2.05) is 0 Å². The van der Waals surface area contributed by atoms with Crippen molar-refractivity contribution in [3.8, 4) is 5.75 Å². The second-order valence-corrected chi connectivity index (χ2v) is 4.97. The number of benzene rings is 1. The van der Waals surface area contributed by atoms with Crippen LogP contribution in [0.4, 0.5) is 5.69 Å². The van der Waals surface area contributed by atoms with Crippen molar-refractivity contribution in [2.45, 2.75) is 26.4 Å². The van der Waals surface area contributed by atoms with E-state index >= 15 is 0 Å². The van der Waals surface area contributed by atoms with Gasteiger partial charge in [0.15, 0.2) is 12.9 Å². The summed E-state index contributed by atoms with van der Waals surface area (Å²) in [6, 6.07) is 3.54. The highest BCUT2D eigenvalue weighted by Crippen LogP contribution is 2.22. The number of nitro groups is 1. The predicted molar refractivity (Wildman–Crippen MR) is 69.8 cm³/mol. The third-order valence-corrected chi connectivity index (χ3v) is 2.10. The SMILES string of the molecule is CC(C)(C)OC(=O)COc1ccc([N+](=O)[O-])cc1C=O. The van der Waals surface area contributed by atoms with Gasteiger partial charge in [-0.2, -0.15) is 0 Å². The van der Waals surface area contributed by atoms with E-state index in [0.29, 0.717) is 6.29 Å². The molecular formula is C13H15NO6. The highest BCUT2D eigenvalue weighted by atomic mass is 16.6. The summed E-state index contributed by atoms with van der Waals surface area (Å²) in [5, 5.41) is 10.6. The van der Waals surface area contributed by atoms with Crippen LogP contribution in [0.25, 0.3) is 0 Å². The summed E-state index contributed by atoms with van der Waals surface area (Å²) in [4.78, 5) is 32.3. The fourth-order valence-corrected chi connectivity index (χ4v) is 1.38. The zero-order valence-electron chi connectivity index (χ0n) is 11.4. The van der Waals surface area contributed by atoms with Crippen LogP contribution in [-0.2, 0) is 9.53 Å². The molecule has 0 unspecified atom stereocenters. The van der Waals surface area contributed by atoms with Crippen molar-refractivity contribution in [2.75, 3.05) is 6.61 Å². The molecule has 0 radical (unpaired) electrons. The maximum absolute atomic E-state index is 11.5. The van der Waals surface area contributed by atoms with Gasteiger partial charge in [0.1, 0.15) is 11.4 Å². The largest absolute Gasteiger partial charge is 0.481 e. The fraction of sp³-hybridized carbons (Fsp3) is 0.385. The molecule has 108 valence electrons. The number of carbonyl (C=O) groups excluding carboxylic acids is 2. The normalized spacial score (nSPS) is 10.8. The lowest BCUT2D eigenvalue weighted by Gasteiger charge is -2.19. The van der Waals surface area contributed by atoms with Gasteiger partial charge >= 0.3 is 5.97 Å². The van der Waals surface area contributed by atoms with E-state index in [-0.39, 0.29) is 23.6 Å². The Morgan fingerprint density at radius 1 is 1.40 bits per heavy atom. The first-order chi connectivity index (χ1) is 9.23. The number of hydrogen-bond acceptors (Lipinski definition) is 6. The Hall–Kier alpha value is -2.44. The average molecular weight is 281 g/mol. The predicted octanol–water partition coefficient (Wildman–Crippen LogP) is 2.13. The number of nitrogens with zero attached hydrogens (tertiary/aromatic N) is 1. The molecule has 7 heteroatoms. The Kier molecular flexibility index (Phi) is 4.79. The molecule has 1 aromatic carbocycles. The van der Waals surface area contributed by atoms with Crippen LogP contribution < -0.4 is 4.74 Å². The highest BCUT2D eigenvalue weighted by molar-refractivity contribution is 5.81. The molecule has 20 heavy (non-hydrogen) atoms. The number of ether oxygens (including phenoxy) is 2. The van der Waals surface area contributed by atoms with Crippen molar-refractivity contribution in [3.05, 3.63) is 33.9 Å². The van der Waals surface area contributed by atoms with Gasteiger partial charge in [0.25, 0.3) is 5.69 Å². The van der Waals surface area contributed by atoms with Crippen molar-refractivity contribution >= 4 is 17.9 Å². The topological polar surface area (TPSA) is 95.7 Å². The Balaban J connectivity index is 2.76. The van der Waals surface area contributed by atoms with E-state index in [1.165, 1.54) is 12.1 Å². The molecule has 0 spiro atoms. The smallest absolute Gasteiger partial charge is 0.344 e. The molecule has 0 N–H and O–H groups in total. The number of carbonyl (C=O) groups is 2. The molecule has 7 nitrogen and oxygen atoms in total. The van der Waals surface area contributed by atoms with Crippen LogP contribution in [0.3, 0.4) is 0 Å². The van der Waals surface area contributed by atoms with Gasteiger partial charge in [-0.05, 0) is 26.8 Å². The van der Waals surface area contributed by atoms with Crippen molar-refractivity contribution < 1.29 is 24.0 Å². The van der Waals surface area contributed by atoms with E-state index in [2.05, 4.69) is 0 Å². The molecule has 0 saturated carbocycles. The molecular weight excluding hydrogens is 266 g/mol. The number of nitro benzene ring substituents is 1. The van der Waals surface area contributed by atoms with Gasteiger partial charge in [-0.15, -0.1) is 0 Å². The molecule has 0 amide bonds. The first-order valence-electron chi connectivity index (χ1n) is 5.81. The summed E-state index contributed by atoms with van der Waals surface area (Å²) < 4.78 is 10.2. The van der Waals surface area contributed by atoms with Crippen LogP contribution >= 0.6 is 0 Å². The molecule has 0 bridgehead atoms. The first kappa shape index (κ1) is 15.6. The minimum absolute atomic E-state index is 0.00255. The summed E-state index contributed by atoms with van der Waals surface area (Å²) in [5.41, 5.74) is -0.858. The fourth-order valence-electron chi connectivity index (χ4n) is 1.38.